The van der Waals surface area contributed by atoms with E-state index in [9.17, 15) is 4.79 Å². The van der Waals surface area contributed by atoms with Gasteiger partial charge >= 0.3 is 5.97 Å². The van der Waals surface area contributed by atoms with E-state index in [2.05, 4.69) is 37.2 Å². The van der Waals surface area contributed by atoms with Gasteiger partial charge in [-0.3, -0.25) is 0 Å². The van der Waals surface area contributed by atoms with E-state index >= 15 is 0 Å². The molecule has 0 aliphatic rings. The number of rotatable bonds is 4. The minimum atomic E-state index is -0.514. The van der Waals surface area contributed by atoms with Crippen molar-refractivity contribution in [3.8, 4) is 0 Å². The first-order valence-corrected chi connectivity index (χ1v) is 7.91. The van der Waals surface area contributed by atoms with Crippen LogP contribution in [0.15, 0.2) is 44.7 Å². The molecule has 3 nitrogen and oxygen atoms in total. The summed E-state index contributed by atoms with van der Waals surface area (Å²) in [6.07, 6.45) is 0. The number of thiophene rings is 1. The molecule has 0 fully saturated rings. The Morgan fingerprint density at radius 2 is 2.11 bits per heavy atom. The third-order valence-corrected chi connectivity index (χ3v) is 4.93. The number of methoxy groups -OCH3 is 1. The monoisotopic (exact) mass is 403 g/mol. The van der Waals surface area contributed by atoms with Crippen LogP contribution in [0.3, 0.4) is 0 Å². The lowest BCUT2D eigenvalue weighted by atomic mass is 10.2. The molecule has 1 unspecified atom stereocenters. The molecule has 19 heavy (non-hydrogen) atoms. The quantitative estimate of drug-likeness (QED) is 0.756. The van der Waals surface area contributed by atoms with E-state index in [-0.39, 0.29) is 5.97 Å². The van der Waals surface area contributed by atoms with Gasteiger partial charge in [0.1, 0.15) is 0 Å². The molecule has 0 amide bonds. The molecule has 1 N–H and O–H groups in total. The van der Waals surface area contributed by atoms with Gasteiger partial charge in [0.15, 0.2) is 6.04 Å². The summed E-state index contributed by atoms with van der Waals surface area (Å²) in [7, 11) is 1.39. The lowest BCUT2D eigenvalue weighted by molar-refractivity contribution is -0.141. The van der Waals surface area contributed by atoms with E-state index in [1.807, 2.05) is 35.7 Å². The van der Waals surface area contributed by atoms with E-state index in [1.165, 1.54) is 18.4 Å². The average Bonchev–Trinajstić information content (AvgIpc) is 2.83. The zero-order valence-electron chi connectivity index (χ0n) is 10.0. The Hall–Kier alpha value is -0.850. The van der Waals surface area contributed by atoms with Crippen molar-refractivity contribution in [2.45, 2.75) is 6.04 Å². The van der Waals surface area contributed by atoms with Crippen LogP contribution in [0.5, 0.6) is 0 Å². The SMILES string of the molecule is COC(=O)C(Nc1ccccc1Br)c1cc(Br)cs1. The molecular formula is C13H11Br2NO2S. The Morgan fingerprint density at radius 3 is 2.68 bits per heavy atom. The number of ether oxygens (including phenoxy) is 1. The molecule has 1 atom stereocenters. The molecule has 1 aromatic carbocycles. The average molecular weight is 405 g/mol. The second-order valence-electron chi connectivity index (χ2n) is 3.75. The molecule has 0 aliphatic heterocycles. The highest BCUT2D eigenvalue weighted by molar-refractivity contribution is 9.10. The highest BCUT2D eigenvalue weighted by Gasteiger charge is 2.23. The fourth-order valence-corrected chi connectivity index (χ4v) is 3.46. The van der Waals surface area contributed by atoms with Crippen LogP contribution in [0.1, 0.15) is 10.9 Å². The van der Waals surface area contributed by atoms with Gasteiger partial charge in [0, 0.05) is 24.9 Å². The summed E-state index contributed by atoms with van der Waals surface area (Å²) < 4.78 is 6.72. The molecule has 2 aromatic rings. The number of benzene rings is 1. The molecule has 1 heterocycles. The van der Waals surface area contributed by atoms with Gasteiger partial charge in [0.25, 0.3) is 0 Å². The van der Waals surface area contributed by atoms with Crippen molar-refractivity contribution in [3.63, 3.8) is 0 Å². The minimum absolute atomic E-state index is 0.315. The van der Waals surface area contributed by atoms with Crippen LogP contribution in [0, 0.1) is 0 Å². The summed E-state index contributed by atoms with van der Waals surface area (Å²) >= 11 is 8.35. The number of esters is 1. The van der Waals surface area contributed by atoms with Crippen LogP contribution in [0.4, 0.5) is 5.69 Å². The van der Waals surface area contributed by atoms with Crippen molar-refractivity contribution >= 4 is 54.9 Å². The number of hydrogen-bond donors (Lipinski definition) is 1. The molecule has 0 spiro atoms. The maximum absolute atomic E-state index is 11.9. The van der Waals surface area contributed by atoms with Crippen molar-refractivity contribution in [1.82, 2.24) is 0 Å². The minimum Gasteiger partial charge on any atom is -0.467 e. The van der Waals surface area contributed by atoms with Gasteiger partial charge in [-0.1, -0.05) is 12.1 Å². The van der Waals surface area contributed by atoms with Crippen molar-refractivity contribution in [2.75, 3.05) is 12.4 Å². The van der Waals surface area contributed by atoms with Gasteiger partial charge in [-0.05, 0) is 50.1 Å². The van der Waals surface area contributed by atoms with Crippen LogP contribution in [0.2, 0.25) is 0 Å². The Bertz CT molecular complexity index is 586. The number of carbonyl (C=O) groups excluding carboxylic acids is 1. The molecule has 0 bridgehead atoms. The van der Waals surface area contributed by atoms with Crippen LogP contribution in [-0.4, -0.2) is 13.1 Å². The summed E-state index contributed by atoms with van der Waals surface area (Å²) in [6.45, 7) is 0. The second kappa shape index (κ2) is 6.54. The van der Waals surface area contributed by atoms with E-state index in [0.717, 1.165) is 19.5 Å². The van der Waals surface area contributed by atoms with Gasteiger partial charge in [-0.2, -0.15) is 0 Å². The van der Waals surface area contributed by atoms with Crippen LogP contribution >= 0.6 is 43.2 Å². The first kappa shape index (κ1) is 14.6. The van der Waals surface area contributed by atoms with Gasteiger partial charge in [-0.15, -0.1) is 11.3 Å². The van der Waals surface area contributed by atoms with E-state index in [1.54, 1.807) is 0 Å². The Morgan fingerprint density at radius 1 is 1.37 bits per heavy atom. The summed E-state index contributed by atoms with van der Waals surface area (Å²) in [5.41, 5.74) is 0.849. The smallest absolute Gasteiger partial charge is 0.333 e. The predicted molar refractivity (Wildman–Crippen MR) is 84.5 cm³/mol. The topological polar surface area (TPSA) is 38.3 Å². The lowest BCUT2D eigenvalue weighted by Gasteiger charge is -2.17. The maximum Gasteiger partial charge on any atom is 0.333 e. The van der Waals surface area contributed by atoms with E-state index < -0.39 is 6.04 Å². The molecule has 0 saturated carbocycles. The van der Waals surface area contributed by atoms with Crippen LogP contribution < -0.4 is 5.32 Å². The molecule has 0 radical (unpaired) electrons. The number of nitrogens with one attached hydrogen (secondary N) is 1. The number of anilines is 1. The Labute approximate surface area is 132 Å². The normalized spacial score (nSPS) is 11.9. The third kappa shape index (κ3) is 3.58. The lowest BCUT2D eigenvalue weighted by Crippen LogP contribution is -2.21. The maximum atomic E-state index is 11.9. The number of halogens is 2. The summed E-state index contributed by atoms with van der Waals surface area (Å²) in [4.78, 5) is 12.8. The zero-order chi connectivity index (χ0) is 13.8. The molecular weight excluding hydrogens is 394 g/mol. The number of para-hydroxylation sites is 1. The first-order valence-electron chi connectivity index (χ1n) is 5.44. The zero-order valence-corrected chi connectivity index (χ0v) is 14.0. The van der Waals surface area contributed by atoms with Crippen molar-refractivity contribution < 1.29 is 9.53 Å². The Balaban J connectivity index is 2.29. The molecule has 1 aromatic heterocycles. The molecule has 0 aliphatic carbocycles. The highest BCUT2D eigenvalue weighted by Crippen LogP contribution is 2.31. The van der Waals surface area contributed by atoms with Gasteiger partial charge in [0.2, 0.25) is 0 Å². The highest BCUT2D eigenvalue weighted by atomic mass is 79.9. The number of hydrogen-bond acceptors (Lipinski definition) is 4. The standard InChI is InChI=1S/C13H11Br2NO2S/c1-18-13(17)12(11-6-8(14)7-19-11)16-10-5-3-2-4-9(10)15/h2-7,12,16H,1H3. The predicted octanol–water partition coefficient (Wildman–Crippen LogP) is 4.60. The summed E-state index contributed by atoms with van der Waals surface area (Å²) in [6, 6.07) is 9.05. The third-order valence-electron chi connectivity index (χ3n) is 2.48. The molecule has 2 rings (SSSR count). The van der Waals surface area contributed by atoms with Crippen LogP contribution in [-0.2, 0) is 9.53 Å². The largest absolute Gasteiger partial charge is 0.467 e. The molecule has 100 valence electrons. The van der Waals surface area contributed by atoms with Gasteiger partial charge in [-0.25, -0.2) is 4.79 Å². The second-order valence-corrected chi connectivity index (χ2v) is 6.46. The summed E-state index contributed by atoms with van der Waals surface area (Å²) in [5.74, 6) is -0.315. The van der Waals surface area contributed by atoms with Gasteiger partial charge < -0.3 is 10.1 Å². The first-order chi connectivity index (χ1) is 9.11. The van der Waals surface area contributed by atoms with E-state index in [4.69, 9.17) is 4.74 Å². The van der Waals surface area contributed by atoms with Crippen molar-refractivity contribution in [3.05, 3.63) is 49.5 Å². The Kier molecular flexibility index (Phi) is 5.01. The fourth-order valence-electron chi connectivity index (χ4n) is 1.58. The van der Waals surface area contributed by atoms with Gasteiger partial charge in [0.05, 0.1) is 7.11 Å². The fraction of sp³-hybridized carbons (Fsp3) is 0.154. The van der Waals surface area contributed by atoms with E-state index in [0.29, 0.717) is 0 Å². The molecule has 6 heteroatoms. The molecule has 0 saturated heterocycles. The van der Waals surface area contributed by atoms with Crippen molar-refractivity contribution in [1.29, 1.82) is 0 Å². The summed E-state index contributed by atoms with van der Waals surface area (Å²) in [5, 5.41) is 5.13. The number of carbonyl (C=O) groups is 1. The van der Waals surface area contributed by atoms with Crippen LogP contribution in [0.25, 0.3) is 0 Å². The van der Waals surface area contributed by atoms with Crippen molar-refractivity contribution in [2.24, 2.45) is 0 Å².